The van der Waals surface area contributed by atoms with Crippen LogP contribution in [0.5, 0.6) is 0 Å². The molecule has 1 aromatic carbocycles. The van der Waals surface area contributed by atoms with Gasteiger partial charge in [-0.25, -0.2) is 0 Å². The molecule has 4 nitrogen and oxygen atoms in total. The number of pyridine rings is 1. The molecule has 2 saturated heterocycles. The quantitative estimate of drug-likeness (QED) is 0.743. The van der Waals surface area contributed by atoms with Gasteiger partial charge in [-0.15, -0.1) is 0 Å². The van der Waals surface area contributed by atoms with Gasteiger partial charge in [-0.1, -0.05) is 29.8 Å². The summed E-state index contributed by atoms with van der Waals surface area (Å²) in [6.45, 7) is 8.28. The first kappa shape index (κ1) is 20.1. The number of piperidine rings is 1. The van der Waals surface area contributed by atoms with Crippen LogP contribution in [0.1, 0.15) is 60.5 Å². The molecule has 1 aromatic heterocycles. The van der Waals surface area contributed by atoms with Crippen molar-refractivity contribution in [1.82, 2.24) is 14.8 Å². The van der Waals surface area contributed by atoms with Crippen molar-refractivity contribution in [1.29, 1.82) is 0 Å². The lowest BCUT2D eigenvalue weighted by Crippen LogP contribution is -2.37. The van der Waals surface area contributed by atoms with E-state index in [0.717, 1.165) is 57.6 Å². The molecule has 4 heteroatoms. The zero-order valence-corrected chi connectivity index (χ0v) is 17.8. The van der Waals surface area contributed by atoms with Gasteiger partial charge >= 0.3 is 0 Å². The number of likely N-dealkylation sites (tertiary alicyclic amines) is 2. The Bertz CT molecular complexity index is 827. The van der Waals surface area contributed by atoms with E-state index < -0.39 is 0 Å². The van der Waals surface area contributed by atoms with Crippen LogP contribution in [-0.2, 0) is 11.3 Å². The second-order valence-electron chi connectivity index (χ2n) is 8.85. The highest BCUT2D eigenvalue weighted by atomic mass is 16.2. The molecule has 0 spiro atoms. The molecule has 3 heterocycles. The number of aryl methyl sites for hydroxylation is 2. The second kappa shape index (κ2) is 9.08. The van der Waals surface area contributed by atoms with Crippen LogP contribution in [0.15, 0.2) is 42.6 Å². The van der Waals surface area contributed by atoms with E-state index in [9.17, 15) is 4.79 Å². The molecule has 29 heavy (non-hydrogen) atoms. The van der Waals surface area contributed by atoms with Gasteiger partial charge in [0.2, 0.25) is 5.91 Å². The molecule has 4 rings (SSSR count). The number of hydrogen-bond donors (Lipinski definition) is 0. The van der Waals surface area contributed by atoms with E-state index in [1.165, 1.54) is 16.7 Å². The zero-order valence-electron chi connectivity index (χ0n) is 17.8. The first-order valence-corrected chi connectivity index (χ1v) is 11.1. The standard InChI is InChI=1S/C25H33N3O/c1-19-8-9-20(2)23(16-19)24-7-5-13-28(24)25(29)17-21-10-14-27(15-11-21)18-22-6-3-4-12-26-22/h3-4,6,8-9,12,16,21,24H,5,7,10-11,13-15,17-18H2,1-2H3. The molecule has 0 N–H and O–H groups in total. The third-order valence-electron chi connectivity index (χ3n) is 6.65. The summed E-state index contributed by atoms with van der Waals surface area (Å²) in [7, 11) is 0. The molecule has 1 unspecified atom stereocenters. The molecule has 1 amide bonds. The number of amides is 1. The maximum atomic E-state index is 13.2. The predicted octanol–water partition coefficient (Wildman–Crippen LogP) is 4.66. The fourth-order valence-corrected chi connectivity index (χ4v) is 4.94. The van der Waals surface area contributed by atoms with E-state index >= 15 is 0 Å². The van der Waals surface area contributed by atoms with Crippen LogP contribution < -0.4 is 0 Å². The van der Waals surface area contributed by atoms with Gasteiger partial charge in [0.05, 0.1) is 11.7 Å². The Labute approximate surface area is 174 Å². The Morgan fingerprint density at radius 1 is 1.07 bits per heavy atom. The Morgan fingerprint density at radius 3 is 2.66 bits per heavy atom. The molecular weight excluding hydrogens is 358 g/mol. The normalized spacial score (nSPS) is 20.9. The van der Waals surface area contributed by atoms with E-state index in [0.29, 0.717) is 18.2 Å². The van der Waals surface area contributed by atoms with Crippen molar-refractivity contribution in [3.05, 3.63) is 65.0 Å². The maximum absolute atomic E-state index is 13.2. The van der Waals surface area contributed by atoms with Crippen molar-refractivity contribution < 1.29 is 4.79 Å². The van der Waals surface area contributed by atoms with Crippen molar-refractivity contribution >= 4 is 5.91 Å². The Balaban J connectivity index is 1.32. The second-order valence-corrected chi connectivity index (χ2v) is 8.85. The SMILES string of the molecule is Cc1ccc(C)c(C2CCCN2C(=O)CC2CCN(Cc3ccccn3)CC2)c1. The molecule has 0 aliphatic carbocycles. The molecule has 1 atom stereocenters. The lowest BCUT2D eigenvalue weighted by molar-refractivity contribution is -0.133. The van der Waals surface area contributed by atoms with Crippen LogP contribution in [0.4, 0.5) is 0 Å². The number of rotatable bonds is 5. The van der Waals surface area contributed by atoms with Crippen LogP contribution in [-0.4, -0.2) is 40.3 Å². The number of nitrogens with zero attached hydrogens (tertiary/aromatic N) is 3. The molecular formula is C25H33N3O. The lowest BCUT2D eigenvalue weighted by Gasteiger charge is -2.33. The van der Waals surface area contributed by atoms with Crippen molar-refractivity contribution in [2.45, 2.75) is 58.5 Å². The Hall–Kier alpha value is -2.20. The van der Waals surface area contributed by atoms with Gasteiger partial charge < -0.3 is 4.90 Å². The van der Waals surface area contributed by atoms with Gasteiger partial charge in [0, 0.05) is 25.7 Å². The number of benzene rings is 1. The summed E-state index contributed by atoms with van der Waals surface area (Å²) in [6, 6.07) is 13.0. The highest BCUT2D eigenvalue weighted by molar-refractivity contribution is 5.77. The van der Waals surface area contributed by atoms with Crippen molar-refractivity contribution in [3.63, 3.8) is 0 Å². The number of aromatic nitrogens is 1. The van der Waals surface area contributed by atoms with Crippen LogP contribution in [0, 0.1) is 19.8 Å². The average molecular weight is 392 g/mol. The first-order chi connectivity index (χ1) is 14.1. The fraction of sp³-hybridized carbons (Fsp3) is 0.520. The summed E-state index contributed by atoms with van der Waals surface area (Å²) in [6.07, 6.45) is 7.01. The van der Waals surface area contributed by atoms with E-state index in [1.807, 2.05) is 12.3 Å². The number of hydrogen-bond acceptors (Lipinski definition) is 3. The smallest absolute Gasteiger partial charge is 0.223 e. The van der Waals surface area contributed by atoms with Gasteiger partial charge in [0.15, 0.2) is 0 Å². The van der Waals surface area contributed by atoms with Gasteiger partial charge in [-0.3, -0.25) is 14.7 Å². The molecule has 154 valence electrons. The minimum Gasteiger partial charge on any atom is -0.336 e. The van der Waals surface area contributed by atoms with Gasteiger partial charge in [-0.2, -0.15) is 0 Å². The minimum absolute atomic E-state index is 0.270. The van der Waals surface area contributed by atoms with Crippen molar-refractivity contribution in [2.75, 3.05) is 19.6 Å². The topological polar surface area (TPSA) is 36.4 Å². The third kappa shape index (κ3) is 4.87. The molecule has 2 aliphatic rings. The van der Waals surface area contributed by atoms with Gasteiger partial charge in [-0.05, 0) is 81.8 Å². The molecule has 0 radical (unpaired) electrons. The van der Waals surface area contributed by atoms with Crippen LogP contribution in [0.2, 0.25) is 0 Å². The van der Waals surface area contributed by atoms with Gasteiger partial charge in [0.1, 0.15) is 0 Å². The molecule has 2 aromatic rings. The minimum atomic E-state index is 0.270. The summed E-state index contributed by atoms with van der Waals surface area (Å²) in [5.41, 5.74) is 5.07. The largest absolute Gasteiger partial charge is 0.336 e. The molecule has 0 bridgehead atoms. The van der Waals surface area contributed by atoms with E-state index in [4.69, 9.17) is 0 Å². The molecule has 2 fully saturated rings. The van der Waals surface area contributed by atoms with Crippen molar-refractivity contribution in [2.24, 2.45) is 5.92 Å². The molecule has 2 aliphatic heterocycles. The monoisotopic (exact) mass is 391 g/mol. The zero-order chi connectivity index (χ0) is 20.2. The Kier molecular flexibility index (Phi) is 6.29. The number of carbonyl (C=O) groups is 1. The summed E-state index contributed by atoms with van der Waals surface area (Å²) in [4.78, 5) is 22.2. The first-order valence-electron chi connectivity index (χ1n) is 11.1. The van der Waals surface area contributed by atoms with Crippen molar-refractivity contribution in [3.8, 4) is 0 Å². The van der Waals surface area contributed by atoms with E-state index in [-0.39, 0.29) is 6.04 Å². The van der Waals surface area contributed by atoms with E-state index in [2.05, 4.69) is 59.0 Å². The number of carbonyl (C=O) groups excluding carboxylic acids is 1. The van der Waals surface area contributed by atoms with Gasteiger partial charge in [0.25, 0.3) is 0 Å². The molecule has 0 saturated carbocycles. The lowest BCUT2D eigenvalue weighted by atomic mass is 9.92. The highest BCUT2D eigenvalue weighted by Crippen LogP contribution is 2.35. The summed E-state index contributed by atoms with van der Waals surface area (Å²) in [5, 5.41) is 0. The van der Waals surface area contributed by atoms with Crippen LogP contribution in [0.3, 0.4) is 0 Å². The summed E-state index contributed by atoms with van der Waals surface area (Å²) >= 11 is 0. The summed E-state index contributed by atoms with van der Waals surface area (Å²) in [5.74, 6) is 0.874. The van der Waals surface area contributed by atoms with E-state index in [1.54, 1.807) is 0 Å². The maximum Gasteiger partial charge on any atom is 0.223 e. The Morgan fingerprint density at radius 2 is 1.90 bits per heavy atom. The van der Waals surface area contributed by atoms with Crippen LogP contribution in [0.25, 0.3) is 0 Å². The highest BCUT2D eigenvalue weighted by Gasteiger charge is 2.32. The third-order valence-corrected chi connectivity index (χ3v) is 6.65. The fourth-order valence-electron chi connectivity index (χ4n) is 4.94. The average Bonchev–Trinajstić information content (AvgIpc) is 3.22. The summed E-state index contributed by atoms with van der Waals surface area (Å²) < 4.78 is 0. The predicted molar refractivity (Wildman–Crippen MR) is 116 cm³/mol. The van der Waals surface area contributed by atoms with Crippen LogP contribution >= 0.6 is 0 Å².